The second-order valence-corrected chi connectivity index (χ2v) is 10.1. The minimum absolute atomic E-state index is 0. The predicted molar refractivity (Wildman–Crippen MR) is 163 cm³/mol. The molecular weight excluding hydrogens is 706 g/mol. The number of Topliss-reactive ketones (excluding diaryl/α,β-unsaturated/α-hetero) is 1. The Bertz CT molecular complexity index is 950. The summed E-state index contributed by atoms with van der Waals surface area (Å²) in [6.45, 7) is 20.9. The standard InChI is InChI=1S/C18H29O.C17H21O2.U/c1-5-8-16(10-9-15(4)6-2)17-11-13-18(14-12-17)19-7-3;1-5-13(2)11-16(18)17(19-4)12-14(3)15-9-7-6-8-10-15;/h11-16H,3,5-10H2,1-2,4H3;6-10,12-13H,1,3,5,11H2,2,4H3;/q2*-1;+2/b;17-12-;. The van der Waals surface area contributed by atoms with Crippen molar-refractivity contribution >= 4 is 11.4 Å². The fourth-order valence-electron chi connectivity index (χ4n) is 4.14. The van der Waals surface area contributed by atoms with Crippen LogP contribution in [-0.2, 0) is 9.53 Å². The van der Waals surface area contributed by atoms with Crippen LogP contribution in [0.2, 0.25) is 0 Å². The molecule has 0 amide bonds. The third kappa shape index (κ3) is 15.0. The van der Waals surface area contributed by atoms with Gasteiger partial charge in [-0.25, -0.2) is 0 Å². The van der Waals surface area contributed by atoms with Crippen LogP contribution >= 0.6 is 0 Å². The second-order valence-electron chi connectivity index (χ2n) is 10.1. The molecule has 0 aliphatic rings. The van der Waals surface area contributed by atoms with Crippen molar-refractivity contribution in [1.29, 1.82) is 0 Å². The Kier molecular flexibility index (Phi) is 21.0. The van der Waals surface area contributed by atoms with Crippen molar-refractivity contribution in [3.63, 3.8) is 0 Å². The first kappa shape index (κ1) is 37.2. The van der Waals surface area contributed by atoms with E-state index in [0.717, 1.165) is 29.2 Å². The van der Waals surface area contributed by atoms with Crippen LogP contribution in [0.3, 0.4) is 0 Å². The number of rotatable bonds is 16. The molecule has 3 nitrogen and oxygen atoms in total. The van der Waals surface area contributed by atoms with Crippen molar-refractivity contribution in [2.75, 3.05) is 13.7 Å². The molecule has 0 fully saturated rings. The van der Waals surface area contributed by atoms with Crippen molar-refractivity contribution in [3.8, 4) is 5.75 Å². The fourth-order valence-corrected chi connectivity index (χ4v) is 4.14. The summed E-state index contributed by atoms with van der Waals surface area (Å²) in [5.74, 6) is 3.08. The van der Waals surface area contributed by atoms with Gasteiger partial charge in [0.05, 0.1) is 7.11 Å². The smallest absolute Gasteiger partial charge is 0.525 e. The van der Waals surface area contributed by atoms with E-state index in [1.54, 1.807) is 6.08 Å². The largest absolute Gasteiger partial charge is 2.00 e. The van der Waals surface area contributed by atoms with Gasteiger partial charge in [-0.3, -0.25) is 4.79 Å². The van der Waals surface area contributed by atoms with E-state index in [0.29, 0.717) is 24.7 Å². The predicted octanol–water partition coefficient (Wildman–Crippen LogP) is 9.66. The summed E-state index contributed by atoms with van der Waals surface area (Å²) < 4.78 is 10.6. The molecule has 0 N–H and O–H groups in total. The van der Waals surface area contributed by atoms with E-state index in [-0.39, 0.29) is 42.8 Å². The number of hydrogen-bond acceptors (Lipinski definition) is 3. The molecule has 3 unspecified atom stereocenters. The Balaban J connectivity index is 0.000000722. The molecule has 0 heterocycles. The first-order valence-electron chi connectivity index (χ1n) is 14.1. The Morgan fingerprint density at radius 1 is 0.949 bits per heavy atom. The maximum absolute atomic E-state index is 12.0. The number of carbonyl (C=O) groups excluding carboxylic acids is 1. The molecule has 2 aromatic rings. The van der Waals surface area contributed by atoms with Crippen LogP contribution in [0.5, 0.6) is 5.75 Å². The van der Waals surface area contributed by atoms with Gasteiger partial charge in [0, 0.05) is 6.42 Å². The number of methoxy groups -OCH3 is 1. The zero-order valence-electron chi connectivity index (χ0n) is 25.0. The summed E-state index contributed by atoms with van der Waals surface area (Å²) >= 11 is 0. The summed E-state index contributed by atoms with van der Waals surface area (Å²) in [5, 5.41) is 0. The van der Waals surface area contributed by atoms with E-state index in [2.05, 4.69) is 65.5 Å². The van der Waals surface area contributed by atoms with E-state index in [1.165, 1.54) is 44.8 Å². The average molecular weight is 757 g/mol. The normalized spacial score (nSPS) is 13.2. The Morgan fingerprint density at radius 3 is 2.10 bits per heavy atom. The molecule has 0 aromatic heterocycles. The molecule has 0 saturated carbocycles. The summed E-state index contributed by atoms with van der Waals surface area (Å²) in [7, 11) is 1.51. The minimum atomic E-state index is -0.00395. The quantitative estimate of drug-likeness (QED) is 0.0741. The molecule has 4 heteroatoms. The third-order valence-electron chi connectivity index (χ3n) is 6.93. The van der Waals surface area contributed by atoms with E-state index >= 15 is 0 Å². The third-order valence-corrected chi connectivity index (χ3v) is 6.93. The fraction of sp³-hybridized carbons (Fsp3) is 0.457. The van der Waals surface area contributed by atoms with Gasteiger partial charge >= 0.3 is 31.1 Å². The number of ether oxygens (including phenoxy) is 2. The minimum Gasteiger partial charge on any atom is -0.525 e. The van der Waals surface area contributed by atoms with Crippen molar-refractivity contribution in [2.24, 2.45) is 11.8 Å². The number of ketones is 1. The molecule has 0 bridgehead atoms. The number of benzene rings is 2. The summed E-state index contributed by atoms with van der Waals surface area (Å²) in [5.41, 5.74) is 3.21. The van der Waals surface area contributed by atoms with E-state index in [4.69, 9.17) is 9.47 Å². The van der Waals surface area contributed by atoms with Gasteiger partial charge in [0.1, 0.15) is 5.75 Å². The van der Waals surface area contributed by atoms with Gasteiger partial charge in [-0.2, -0.15) is 6.42 Å². The molecule has 39 heavy (non-hydrogen) atoms. The Labute approximate surface area is 263 Å². The first-order chi connectivity index (χ1) is 18.3. The SMILES string of the molecule is C=C(/C=C(\OC)C(=O)CC(C)C[CH2-])c1ccccc1.[CH2-]COc1ccc(C(CCC)CCC(C)CC)cc1.[U+2]. The molecule has 0 radical (unpaired) electrons. The van der Waals surface area contributed by atoms with Gasteiger partial charge in [-0.15, -0.1) is 0 Å². The van der Waals surface area contributed by atoms with Crippen molar-refractivity contribution < 1.29 is 45.4 Å². The molecule has 0 aliphatic carbocycles. The molecule has 0 spiro atoms. The molecule has 0 aliphatic heterocycles. The first-order valence-corrected chi connectivity index (χ1v) is 14.1. The zero-order chi connectivity index (χ0) is 28.3. The number of hydrogen-bond donors (Lipinski definition) is 0. The van der Waals surface area contributed by atoms with Gasteiger partial charge in [-0.05, 0) is 66.2 Å². The number of allylic oxidation sites excluding steroid dienone is 3. The van der Waals surface area contributed by atoms with Crippen LogP contribution in [0.1, 0.15) is 89.7 Å². The molecule has 0 saturated heterocycles. The van der Waals surface area contributed by atoms with Crippen LogP contribution in [0.15, 0.2) is 73.0 Å². The Hall–Kier alpha value is -1.76. The summed E-state index contributed by atoms with van der Waals surface area (Å²) in [4.78, 5) is 12.0. The van der Waals surface area contributed by atoms with E-state index in [1.807, 2.05) is 37.3 Å². The van der Waals surface area contributed by atoms with E-state index < -0.39 is 0 Å². The van der Waals surface area contributed by atoms with Crippen molar-refractivity contribution in [3.05, 3.63) is 98.0 Å². The van der Waals surface area contributed by atoms with Crippen LogP contribution in [0, 0.1) is 56.8 Å². The number of carbonyl (C=O) groups is 1. The topological polar surface area (TPSA) is 35.5 Å². The van der Waals surface area contributed by atoms with Crippen LogP contribution in [-0.4, -0.2) is 19.5 Å². The molecule has 2 rings (SSSR count). The van der Waals surface area contributed by atoms with Gasteiger partial charge in [0.2, 0.25) is 0 Å². The van der Waals surface area contributed by atoms with Gasteiger partial charge in [-0.1, -0.05) is 102 Å². The second kappa shape index (κ2) is 22.0. The molecule has 2 aromatic carbocycles. The summed E-state index contributed by atoms with van der Waals surface area (Å²) in [6.07, 6.45) is 9.35. The van der Waals surface area contributed by atoms with Crippen molar-refractivity contribution in [2.45, 2.75) is 78.6 Å². The van der Waals surface area contributed by atoms with Crippen LogP contribution in [0.4, 0.5) is 0 Å². The van der Waals surface area contributed by atoms with Gasteiger partial charge < -0.3 is 23.3 Å². The average Bonchev–Trinajstić information content (AvgIpc) is 2.94. The van der Waals surface area contributed by atoms with Crippen molar-refractivity contribution in [1.82, 2.24) is 0 Å². The summed E-state index contributed by atoms with van der Waals surface area (Å²) in [6, 6.07) is 18.3. The van der Waals surface area contributed by atoms with Gasteiger partial charge in [0.15, 0.2) is 11.5 Å². The monoisotopic (exact) mass is 756 g/mol. The van der Waals surface area contributed by atoms with Crippen LogP contribution in [0.25, 0.3) is 5.57 Å². The van der Waals surface area contributed by atoms with E-state index in [9.17, 15) is 4.79 Å². The molecule has 212 valence electrons. The molecular formula is C35H50O3U. The maximum Gasteiger partial charge on any atom is 2.00 e. The maximum atomic E-state index is 12.0. The van der Waals surface area contributed by atoms with Crippen LogP contribution < -0.4 is 4.74 Å². The zero-order valence-corrected chi connectivity index (χ0v) is 29.2. The Morgan fingerprint density at radius 2 is 1.59 bits per heavy atom. The molecule has 3 atom stereocenters. The van der Waals surface area contributed by atoms with Gasteiger partial charge in [0.25, 0.3) is 0 Å².